The van der Waals surface area contributed by atoms with Crippen LogP contribution in [0.5, 0.6) is 0 Å². The Morgan fingerprint density at radius 2 is 1.06 bits per heavy atom. The lowest BCUT2D eigenvalue weighted by molar-refractivity contribution is 0.590. The summed E-state index contributed by atoms with van der Waals surface area (Å²) >= 11 is 0. The highest BCUT2D eigenvalue weighted by Crippen LogP contribution is 2.65. The first kappa shape index (κ1) is 32.5. The molecule has 0 radical (unpaired) electrons. The molecule has 7 aromatic rings. The number of rotatable bonds is 5. The highest BCUT2D eigenvalue weighted by Gasteiger charge is 2.53. The average Bonchev–Trinajstić information content (AvgIpc) is 3.68. The number of para-hydroxylation sites is 1. The monoisotopic (exact) mass is 693 g/mol. The number of hydrogen-bond acceptors (Lipinski definition) is 1. The van der Waals surface area contributed by atoms with Gasteiger partial charge in [0.15, 0.2) is 0 Å². The van der Waals surface area contributed by atoms with E-state index in [2.05, 4.69) is 208 Å². The molecule has 54 heavy (non-hydrogen) atoms. The van der Waals surface area contributed by atoms with Crippen LogP contribution < -0.4 is 4.90 Å². The highest BCUT2D eigenvalue weighted by atomic mass is 15.1. The Balaban J connectivity index is 1.28. The maximum absolute atomic E-state index is 2.56. The number of hydrogen-bond donors (Lipinski definition) is 0. The molecule has 0 saturated carbocycles. The summed E-state index contributed by atoms with van der Waals surface area (Å²) < 4.78 is 0. The van der Waals surface area contributed by atoms with Crippen LogP contribution >= 0.6 is 0 Å². The van der Waals surface area contributed by atoms with Gasteiger partial charge in [0.05, 0.1) is 11.1 Å². The van der Waals surface area contributed by atoms with Crippen molar-refractivity contribution in [2.24, 2.45) is 0 Å². The zero-order chi connectivity index (χ0) is 36.4. The quantitative estimate of drug-likeness (QED) is 0.173. The second-order valence-electron chi connectivity index (χ2n) is 16.0. The lowest BCUT2D eigenvalue weighted by Gasteiger charge is -2.35. The van der Waals surface area contributed by atoms with E-state index in [4.69, 9.17) is 0 Å². The van der Waals surface area contributed by atoms with E-state index in [1.807, 2.05) is 0 Å². The third-order valence-corrected chi connectivity index (χ3v) is 12.0. The molecule has 1 nitrogen and oxygen atoms in total. The van der Waals surface area contributed by atoms with Gasteiger partial charge in [0, 0.05) is 16.9 Å². The van der Waals surface area contributed by atoms with E-state index in [1.165, 1.54) is 78.0 Å². The molecule has 1 atom stereocenters. The SMILES string of the molecule is CC(C)(C)c1ccc(-c2cc3c(cc2N(c2ccccc2)c2ccc(-c4ccccc4)cc2)C2(C4=C(C=CCC4)c4ccccc42)c2ccccc2-3)cc1. The summed E-state index contributed by atoms with van der Waals surface area (Å²) in [5, 5.41) is 0. The third kappa shape index (κ3) is 4.92. The van der Waals surface area contributed by atoms with E-state index in [1.54, 1.807) is 0 Å². The third-order valence-electron chi connectivity index (χ3n) is 12.0. The molecule has 3 aliphatic carbocycles. The summed E-state index contributed by atoms with van der Waals surface area (Å²) in [4.78, 5) is 2.48. The Labute approximate surface area is 319 Å². The molecule has 260 valence electrons. The largest absolute Gasteiger partial charge is 0.310 e. The van der Waals surface area contributed by atoms with E-state index >= 15 is 0 Å². The molecule has 3 aliphatic rings. The van der Waals surface area contributed by atoms with Gasteiger partial charge in [0.1, 0.15) is 0 Å². The van der Waals surface area contributed by atoms with Crippen molar-refractivity contribution in [3.05, 3.63) is 215 Å². The van der Waals surface area contributed by atoms with Crippen LogP contribution in [0.1, 0.15) is 61.4 Å². The minimum atomic E-state index is -0.356. The number of fused-ring (bicyclic) bond motifs is 9. The van der Waals surface area contributed by atoms with Gasteiger partial charge in [-0.2, -0.15) is 0 Å². The average molecular weight is 694 g/mol. The van der Waals surface area contributed by atoms with Crippen molar-refractivity contribution in [1.29, 1.82) is 0 Å². The molecule has 1 spiro atoms. The summed E-state index contributed by atoms with van der Waals surface area (Å²) in [6.07, 6.45) is 6.86. The minimum Gasteiger partial charge on any atom is -0.310 e. The second kappa shape index (κ2) is 12.5. The van der Waals surface area contributed by atoms with Gasteiger partial charge in [-0.05, 0) is 121 Å². The number of anilines is 3. The van der Waals surface area contributed by atoms with Gasteiger partial charge in [0.25, 0.3) is 0 Å². The topological polar surface area (TPSA) is 3.24 Å². The molecule has 0 N–H and O–H groups in total. The van der Waals surface area contributed by atoms with Gasteiger partial charge in [-0.1, -0.05) is 166 Å². The van der Waals surface area contributed by atoms with Crippen molar-refractivity contribution >= 4 is 22.6 Å². The molecule has 0 saturated heterocycles. The molecule has 1 heteroatoms. The van der Waals surface area contributed by atoms with E-state index < -0.39 is 0 Å². The summed E-state index contributed by atoms with van der Waals surface area (Å²) in [7, 11) is 0. The van der Waals surface area contributed by atoms with Crippen LogP contribution in [-0.2, 0) is 10.8 Å². The highest BCUT2D eigenvalue weighted by molar-refractivity contribution is 6.01. The van der Waals surface area contributed by atoms with Crippen LogP contribution in [0.25, 0.3) is 39.0 Å². The molecule has 1 unspecified atom stereocenters. The predicted molar refractivity (Wildman–Crippen MR) is 228 cm³/mol. The lowest BCUT2D eigenvalue weighted by Crippen LogP contribution is -2.28. The fourth-order valence-electron chi connectivity index (χ4n) is 9.44. The Kier molecular flexibility index (Phi) is 7.49. The first-order valence-electron chi connectivity index (χ1n) is 19.3. The van der Waals surface area contributed by atoms with Gasteiger partial charge < -0.3 is 4.90 Å². The smallest absolute Gasteiger partial charge is 0.0689 e. The molecule has 0 aromatic heterocycles. The molecule has 10 rings (SSSR count). The molecule has 0 heterocycles. The Bertz CT molecular complexity index is 2600. The maximum atomic E-state index is 2.56. The molecule has 0 bridgehead atoms. The predicted octanol–water partition coefficient (Wildman–Crippen LogP) is 14.2. The summed E-state index contributed by atoms with van der Waals surface area (Å²) in [6.45, 7) is 6.87. The molecular formula is C53H43N. The fraction of sp³-hybridized carbons (Fsp3) is 0.132. The van der Waals surface area contributed by atoms with Gasteiger partial charge >= 0.3 is 0 Å². The van der Waals surface area contributed by atoms with E-state index in [-0.39, 0.29) is 10.8 Å². The number of allylic oxidation sites excluding steroid dienone is 4. The van der Waals surface area contributed by atoms with Gasteiger partial charge in [0.2, 0.25) is 0 Å². The normalized spacial score (nSPS) is 16.6. The Hall–Kier alpha value is -6.18. The molecular weight excluding hydrogens is 651 g/mol. The maximum Gasteiger partial charge on any atom is 0.0689 e. The van der Waals surface area contributed by atoms with Crippen LogP contribution in [-0.4, -0.2) is 0 Å². The van der Waals surface area contributed by atoms with Crippen LogP contribution in [0.2, 0.25) is 0 Å². The lowest BCUT2D eigenvalue weighted by atomic mass is 9.68. The fourth-order valence-corrected chi connectivity index (χ4v) is 9.44. The van der Waals surface area contributed by atoms with Crippen molar-refractivity contribution in [2.45, 2.75) is 44.4 Å². The van der Waals surface area contributed by atoms with Crippen LogP contribution in [0.3, 0.4) is 0 Å². The number of nitrogens with zero attached hydrogens (tertiary/aromatic N) is 1. The zero-order valence-electron chi connectivity index (χ0n) is 31.2. The summed E-state index contributed by atoms with van der Waals surface area (Å²) in [5.41, 5.74) is 20.5. The van der Waals surface area contributed by atoms with Crippen molar-refractivity contribution in [3.63, 3.8) is 0 Å². The van der Waals surface area contributed by atoms with Crippen molar-refractivity contribution in [1.82, 2.24) is 0 Å². The Morgan fingerprint density at radius 1 is 0.481 bits per heavy atom. The molecule has 0 aliphatic heterocycles. The molecule has 0 amide bonds. The van der Waals surface area contributed by atoms with Gasteiger partial charge in [-0.25, -0.2) is 0 Å². The summed E-state index contributed by atoms with van der Waals surface area (Å²) in [6, 6.07) is 63.5. The molecule has 7 aromatic carbocycles. The Morgan fingerprint density at radius 3 is 1.76 bits per heavy atom. The van der Waals surface area contributed by atoms with Gasteiger partial charge in [-0.3, -0.25) is 0 Å². The van der Waals surface area contributed by atoms with Crippen LogP contribution in [0.15, 0.2) is 188 Å². The first-order chi connectivity index (χ1) is 26.4. The standard InChI is InChI=1S/C53H43N/c1-52(2,3)39-30-26-38(27-31-39)45-34-46-44-22-12-15-25-49(44)53(47-23-13-10-20-42(47)43-21-11-14-24-48(43)53)50(46)35-51(45)54(40-18-8-5-9-19-40)41-32-28-37(29-33-41)36-16-6-4-7-17-36/h4-13,15-23,25-35H,14,24H2,1-3H3. The van der Waals surface area contributed by atoms with Gasteiger partial charge in [-0.15, -0.1) is 0 Å². The summed E-state index contributed by atoms with van der Waals surface area (Å²) in [5.74, 6) is 0. The number of benzene rings is 7. The van der Waals surface area contributed by atoms with Crippen molar-refractivity contribution in [2.75, 3.05) is 4.90 Å². The zero-order valence-corrected chi connectivity index (χ0v) is 31.2. The molecule has 0 fully saturated rings. The van der Waals surface area contributed by atoms with Crippen LogP contribution in [0, 0.1) is 0 Å². The van der Waals surface area contributed by atoms with Crippen LogP contribution in [0.4, 0.5) is 17.1 Å². The minimum absolute atomic E-state index is 0.0664. The van der Waals surface area contributed by atoms with E-state index in [0.717, 1.165) is 24.2 Å². The van der Waals surface area contributed by atoms with Crippen molar-refractivity contribution < 1.29 is 0 Å². The second-order valence-corrected chi connectivity index (χ2v) is 16.0. The van der Waals surface area contributed by atoms with E-state index in [9.17, 15) is 0 Å². The van der Waals surface area contributed by atoms with E-state index in [0.29, 0.717) is 0 Å². The van der Waals surface area contributed by atoms with Crippen molar-refractivity contribution in [3.8, 4) is 33.4 Å². The first-order valence-corrected chi connectivity index (χ1v) is 19.3.